The Balaban J connectivity index is 1.88. The Labute approximate surface area is 110 Å². The quantitative estimate of drug-likeness (QED) is 0.661. The average Bonchev–Trinajstić information content (AvgIpc) is 2.91. The molecule has 1 aromatic carbocycles. The molecule has 0 saturated heterocycles. The van der Waals surface area contributed by atoms with Crippen molar-refractivity contribution < 1.29 is 0 Å². The summed E-state index contributed by atoms with van der Waals surface area (Å²) in [5, 5.41) is 1.16. The standard InChI is InChI=1S/C16H11N3/c1-2-12-8-11(3-5-15(12)18-7-1)13-4-6-16-14(13)9-17-10-19-16/h1-5,7-10H,6H2. The summed E-state index contributed by atoms with van der Waals surface area (Å²) in [6.45, 7) is 0. The van der Waals surface area contributed by atoms with Crippen LogP contribution in [0.5, 0.6) is 0 Å². The van der Waals surface area contributed by atoms with Gasteiger partial charge in [0.2, 0.25) is 0 Å². The lowest BCUT2D eigenvalue weighted by atomic mass is 10.0. The van der Waals surface area contributed by atoms with Crippen LogP contribution in [0.3, 0.4) is 0 Å². The second-order valence-electron chi connectivity index (χ2n) is 4.62. The van der Waals surface area contributed by atoms with Gasteiger partial charge < -0.3 is 0 Å². The summed E-state index contributed by atoms with van der Waals surface area (Å²) >= 11 is 0. The molecular formula is C16H11N3. The van der Waals surface area contributed by atoms with Crippen molar-refractivity contribution in [2.75, 3.05) is 0 Å². The van der Waals surface area contributed by atoms with E-state index in [0.717, 1.165) is 28.6 Å². The zero-order valence-electron chi connectivity index (χ0n) is 10.2. The molecular weight excluding hydrogens is 234 g/mol. The van der Waals surface area contributed by atoms with Gasteiger partial charge in [0.05, 0.1) is 11.2 Å². The zero-order chi connectivity index (χ0) is 12.7. The van der Waals surface area contributed by atoms with E-state index in [1.807, 2.05) is 18.5 Å². The Morgan fingerprint density at radius 1 is 1.05 bits per heavy atom. The first kappa shape index (κ1) is 10.4. The zero-order valence-corrected chi connectivity index (χ0v) is 10.2. The van der Waals surface area contributed by atoms with Gasteiger partial charge in [0.1, 0.15) is 6.33 Å². The second-order valence-corrected chi connectivity index (χ2v) is 4.62. The van der Waals surface area contributed by atoms with E-state index in [1.165, 1.54) is 11.1 Å². The third-order valence-corrected chi connectivity index (χ3v) is 3.50. The molecule has 3 heteroatoms. The first-order valence-corrected chi connectivity index (χ1v) is 6.26. The Kier molecular flexibility index (Phi) is 2.18. The molecule has 0 N–H and O–H groups in total. The van der Waals surface area contributed by atoms with Crippen molar-refractivity contribution in [2.45, 2.75) is 6.42 Å². The number of hydrogen-bond acceptors (Lipinski definition) is 3. The number of allylic oxidation sites excluding steroid dienone is 1. The van der Waals surface area contributed by atoms with Crippen LogP contribution in [0.1, 0.15) is 16.8 Å². The maximum Gasteiger partial charge on any atom is 0.115 e. The van der Waals surface area contributed by atoms with Crippen molar-refractivity contribution in [1.82, 2.24) is 15.0 Å². The minimum atomic E-state index is 0.887. The summed E-state index contributed by atoms with van der Waals surface area (Å²) < 4.78 is 0. The largest absolute Gasteiger partial charge is 0.256 e. The van der Waals surface area contributed by atoms with Crippen molar-refractivity contribution >= 4 is 16.5 Å². The summed E-state index contributed by atoms with van der Waals surface area (Å²) in [6, 6.07) is 10.4. The van der Waals surface area contributed by atoms with Gasteiger partial charge >= 0.3 is 0 Å². The number of benzene rings is 1. The fourth-order valence-electron chi connectivity index (χ4n) is 2.57. The molecule has 3 aromatic rings. The van der Waals surface area contributed by atoms with Crippen LogP contribution >= 0.6 is 0 Å². The van der Waals surface area contributed by atoms with Crippen LogP contribution in [0.2, 0.25) is 0 Å². The molecule has 90 valence electrons. The summed E-state index contributed by atoms with van der Waals surface area (Å²) in [4.78, 5) is 12.8. The van der Waals surface area contributed by atoms with Crippen LogP contribution in [0.25, 0.3) is 16.5 Å². The first-order valence-electron chi connectivity index (χ1n) is 6.26. The topological polar surface area (TPSA) is 38.7 Å². The number of pyridine rings is 1. The molecule has 0 aliphatic heterocycles. The fourth-order valence-corrected chi connectivity index (χ4v) is 2.57. The lowest BCUT2D eigenvalue weighted by molar-refractivity contribution is 1.06. The smallest absolute Gasteiger partial charge is 0.115 e. The van der Waals surface area contributed by atoms with Crippen molar-refractivity contribution in [2.24, 2.45) is 0 Å². The highest BCUT2D eigenvalue weighted by atomic mass is 14.8. The fraction of sp³-hybridized carbons (Fsp3) is 0.0625. The van der Waals surface area contributed by atoms with E-state index >= 15 is 0 Å². The Bertz CT molecular complexity index is 806. The highest BCUT2D eigenvalue weighted by Crippen LogP contribution is 2.31. The molecule has 0 amide bonds. The highest BCUT2D eigenvalue weighted by Gasteiger charge is 2.16. The van der Waals surface area contributed by atoms with E-state index in [2.05, 4.69) is 45.3 Å². The normalized spacial score (nSPS) is 13.4. The van der Waals surface area contributed by atoms with E-state index < -0.39 is 0 Å². The van der Waals surface area contributed by atoms with Crippen LogP contribution in [0, 0.1) is 0 Å². The minimum absolute atomic E-state index is 0.887. The molecule has 2 aromatic heterocycles. The predicted octanol–water partition coefficient (Wildman–Crippen LogP) is 3.01. The average molecular weight is 245 g/mol. The van der Waals surface area contributed by atoms with Gasteiger partial charge in [0.25, 0.3) is 0 Å². The molecule has 0 fully saturated rings. The number of nitrogens with zero attached hydrogens (tertiary/aromatic N) is 3. The van der Waals surface area contributed by atoms with Gasteiger partial charge in [-0.05, 0) is 29.3 Å². The molecule has 0 bridgehead atoms. The number of rotatable bonds is 1. The molecule has 0 spiro atoms. The Morgan fingerprint density at radius 3 is 3.05 bits per heavy atom. The van der Waals surface area contributed by atoms with Gasteiger partial charge in [-0.2, -0.15) is 0 Å². The molecule has 19 heavy (non-hydrogen) atoms. The molecule has 1 aliphatic carbocycles. The van der Waals surface area contributed by atoms with Gasteiger partial charge in [0, 0.05) is 29.8 Å². The van der Waals surface area contributed by atoms with Crippen LogP contribution in [0.15, 0.2) is 55.1 Å². The van der Waals surface area contributed by atoms with Crippen LogP contribution < -0.4 is 0 Å². The van der Waals surface area contributed by atoms with E-state index in [-0.39, 0.29) is 0 Å². The van der Waals surface area contributed by atoms with Gasteiger partial charge in [0.15, 0.2) is 0 Å². The highest BCUT2D eigenvalue weighted by molar-refractivity contribution is 5.89. The monoisotopic (exact) mass is 245 g/mol. The maximum atomic E-state index is 4.35. The summed E-state index contributed by atoms with van der Waals surface area (Å²) in [5.74, 6) is 0. The predicted molar refractivity (Wildman–Crippen MR) is 74.6 cm³/mol. The second kappa shape index (κ2) is 3.99. The third-order valence-electron chi connectivity index (χ3n) is 3.50. The van der Waals surface area contributed by atoms with Crippen molar-refractivity contribution in [3.63, 3.8) is 0 Å². The van der Waals surface area contributed by atoms with Crippen LogP contribution in [-0.4, -0.2) is 15.0 Å². The molecule has 0 saturated carbocycles. The van der Waals surface area contributed by atoms with Crippen LogP contribution in [-0.2, 0) is 6.42 Å². The van der Waals surface area contributed by atoms with E-state index in [4.69, 9.17) is 0 Å². The van der Waals surface area contributed by atoms with Gasteiger partial charge in [-0.1, -0.05) is 18.2 Å². The minimum Gasteiger partial charge on any atom is -0.256 e. The lowest BCUT2D eigenvalue weighted by Crippen LogP contribution is -1.92. The number of hydrogen-bond donors (Lipinski definition) is 0. The Morgan fingerprint density at radius 2 is 2.05 bits per heavy atom. The van der Waals surface area contributed by atoms with Gasteiger partial charge in [-0.15, -0.1) is 0 Å². The summed E-state index contributed by atoms with van der Waals surface area (Å²) in [6.07, 6.45) is 8.43. The summed E-state index contributed by atoms with van der Waals surface area (Å²) in [7, 11) is 0. The molecule has 1 aliphatic rings. The third kappa shape index (κ3) is 1.63. The van der Waals surface area contributed by atoms with Crippen LogP contribution in [0.4, 0.5) is 0 Å². The SMILES string of the molecule is C1=C(c2ccc3ncccc3c2)c2cncnc2C1. The molecule has 2 heterocycles. The Hall–Kier alpha value is -2.55. The lowest BCUT2D eigenvalue weighted by Gasteiger charge is -2.06. The molecule has 0 unspecified atom stereocenters. The molecule has 0 radical (unpaired) electrons. The number of aromatic nitrogens is 3. The van der Waals surface area contributed by atoms with Gasteiger partial charge in [-0.3, -0.25) is 4.98 Å². The van der Waals surface area contributed by atoms with Crippen molar-refractivity contribution in [3.05, 3.63) is 71.9 Å². The summed E-state index contributed by atoms with van der Waals surface area (Å²) in [5.41, 5.74) is 5.70. The maximum absolute atomic E-state index is 4.35. The van der Waals surface area contributed by atoms with E-state index in [0.29, 0.717) is 0 Å². The number of fused-ring (bicyclic) bond motifs is 2. The molecule has 3 nitrogen and oxygen atoms in total. The van der Waals surface area contributed by atoms with E-state index in [9.17, 15) is 0 Å². The molecule has 4 rings (SSSR count). The first-order chi connectivity index (χ1) is 9.42. The van der Waals surface area contributed by atoms with Crippen molar-refractivity contribution in [1.29, 1.82) is 0 Å². The molecule has 0 atom stereocenters. The van der Waals surface area contributed by atoms with Gasteiger partial charge in [-0.25, -0.2) is 9.97 Å². The van der Waals surface area contributed by atoms with E-state index in [1.54, 1.807) is 6.33 Å². The van der Waals surface area contributed by atoms with Crippen molar-refractivity contribution in [3.8, 4) is 0 Å².